The summed E-state index contributed by atoms with van der Waals surface area (Å²) < 4.78 is 1.89. The van der Waals surface area contributed by atoms with E-state index in [1.165, 1.54) is 11.3 Å². The largest absolute Gasteiger partial charge is 0.388 e. The summed E-state index contributed by atoms with van der Waals surface area (Å²) in [5.74, 6) is 0. The van der Waals surface area contributed by atoms with Gasteiger partial charge in [0.15, 0.2) is 0 Å². The van der Waals surface area contributed by atoms with Crippen molar-refractivity contribution in [3.8, 4) is 0 Å². The average molecular weight is 294 g/mol. The predicted octanol–water partition coefficient (Wildman–Crippen LogP) is 1.18. The number of carbonyl (C=O) groups excluding carboxylic acids is 1. The molecule has 6 nitrogen and oxygen atoms in total. The van der Waals surface area contributed by atoms with Crippen LogP contribution in [0.3, 0.4) is 0 Å². The van der Waals surface area contributed by atoms with Gasteiger partial charge in [0.1, 0.15) is 0 Å². The average Bonchev–Trinajstić information content (AvgIpc) is 2.65. The summed E-state index contributed by atoms with van der Waals surface area (Å²) in [4.78, 5) is 11.6. The van der Waals surface area contributed by atoms with E-state index in [0.717, 1.165) is 37.8 Å². The fourth-order valence-corrected chi connectivity index (χ4v) is 2.72. The maximum atomic E-state index is 11.6. The molecule has 1 saturated carbocycles. The van der Waals surface area contributed by atoms with Gasteiger partial charge < -0.3 is 15.7 Å². The number of hydrogen-bond donors (Lipinski definition) is 3. The van der Waals surface area contributed by atoms with Crippen molar-refractivity contribution >= 4 is 6.03 Å². The number of aromatic nitrogens is 2. The third-order valence-electron chi connectivity index (χ3n) is 4.41. The minimum Gasteiger partial charge on any atom is -0.388 e. The lowest BCUT2D eigenvalue weighted by Crippen LogP contribution is -2.50. The number of nitrogens with zero attached hydrogens (tertiary/aromatic N) is 2. The maximum Gasteiger partial charge on any atom is 0.314 e. The molecule has 2 amide bonds. The van der Waals surface area contributed by atoms with Crippen LogP contribution >= 0.6 is 0 Å². The first-order chi connectivity index (χ1) is 9.91. The summed E-state index contributed by atoms with van der Waals surface area (Å²) in [5.41, 5.74) is 2.85. The Balaban J connectivity index is 1.64. The molecule has 1 aliphatic carbocycles. The van der Waals surface area contributed by atoms with Gasteiger partial charge in [-0.2, -0.15) is 5.10 Å². The standard InChI is InChI=1S/C15H26N4O2/c1-11-13(12(2)19(3)18-11)6-4-9-16-14(20)17-10-15(21)7-5-8-15/h21H,4-10H2,1-3H3,(H2,16,17,20). The van der Waals surface area contributed by atoms with E-state index in [4.69, 9.17) is 0 Å². The molecular formula is C15H26N4O2. The summed E-state index contributed by atoms with van der Waals surface area (Å²) in [6.45, 7) is 5.05. The summed E-state index contributed by atoms with van der Waals surface area (Å²) in [5, 5.41) is 19.8. The molecule has 0 aromatic carbocycles. The lowest BCUT2D eigenvalue weighted by molar-refractivity contribution is -0.0290. The highest BCUT2D eigenvalue weighted by atomic mass is 16.3. The zero-order valence-corrected chi connectivity index (χ0v) is 13.2. The Morgan fingerprint density at radius 1 is 1.38 bits per heavy atom. The second-order valence-corrected chi connectivity index (χ2v) is 6.06. The Morgan fingerprint density at radius 2 is 2.10 bits per heavy atom. The minimum absolute atomic E-state index is 0.199. The van der Waals surface area contributed by atoms with E-state index in [1.54, 1.807) is 0 Å². The Hall–Kier alpha value is -1.56. The van der Waals surface area contributed by atoms with E-state index in [0.29, 0.717) is 13.1 Å². The van der Waals surface area contributed by atoms with Gasteiger partial charge in [-0.1, -0.05) is 0 Å². The second-order valence-electron chi connectivity index (χ2n) is 6.06. The topological polar surface area (TPSA) is 79.2 Å². The lowest BCUT2D eigenvalue weighted by atomic mass is 9.80. The molecule has 1 aliphatic rings. The van der Waals surface area contributed by atoms with Crippen LogP contribution in [0.15, 0.2) is 0 Å². The Labute approximate surface area is 125 Å². The molecule has 1 heterocycles. The molecule has 1 aromatic rings. The molecule has 1 fully saturated rings. The van der Waals surface area contributed by atoms with E-state index in [2.05, 4.69) is 22.7 Å². The fourth-order valence-electron chi connectivity index (χ4n) is 2.72. The first kappa shape index (κ1) is 15.8. The summed E-state index contributed by atoms with van der Waals surface area (Å²) in [7, 11) is 1.95. The minimum atomic E-state index is -0.665. The SMILES string of the molecule is Cc1nn(C)c(C)c1CCCNC(=O)NCC1(O)CCC1. The van der Waals surface area contributed by atoms with Gasteiger partial charge in [0, 0.05) is 25.8 Å². The second kappa shape index (κ2) is 6.47. The zero-order chi connectivity index (χ0) is 15.5. The highest BCUT2D eigenvalue weighted by Gasteiger charge is 2.34. The molecule has 1 aromatic heterocycles. The number of aliphatic hydroxyl groups is 1. The van der Waals surface area contributed by atoms with Gasteiger partial charge in [-0.15, -0.1) is 0 Å². The van der Waals surface area contributed by atoms with Crippen molar-refractivity contribution < 1.29 is 9.90 Å². The van der Waals surface area contributed by atoms with Crippen LogP contribution in [0.2, 0.25) is 0 Å². The normalized spacial score (nSPS) is 16.4. The van der Waals surface area contributed by atoms with Crippen molar-refractivity contribution in [3.63, 3.8) is 0 Å². The highest BCUT2D eigenvalue weighted by Crippen LogP contribution is 2.30. The van der Waals surface area contributed by atoms with E-state index in [9.17, 15) is 9.90 Å². The van der Waals surface area contributed by atoms with Crippen LogP contribution in [0.4, 0.5) is 4.79 Å². The first-order valence-corrected chi connectivity index (χ1v) is 7.64. The van der Waals surface area contributed by atoms with E-state index < -0.39 is 5.60 Å². The number of aryl methyl sites for hydroxylation is 2. The van der Waals surface area contributed by atoms with Crippen LogP contribution in [-0.2, 0) is 13.5 Å². The number of urea groups is 1. The third kappa shape index (κ3) is 3.97. The first-order valence-electron chi connectivity index (χ1n) is 7.64. The molecule has 0 bridgehead atoms. The quantitative estimate of drug-likeness (QED) is 0.689. The van der Waals surface area contributed by atoms with Crippen LogP contribution in [0, 0.1) is 13.8 Å². The number of rotatable bonds is 6. The number of hydrogen-bond acceptors (Lipinski definition) is 3. The van der Waals surface area contributed by atoms with Crippen molar-refractivity contribution in [1.82, 2.24) is 20.4 Å². The third-order valence-corrected chi connectivity index (χ3v) is 4.41. The van der Waals surface area contributed by atoms with Gasteiger partial charge in [0.2, 0.25) is 0 Å². The van der Waals surface area contributed by atoms with Gasteiger partial charge in [-0.3, -0.25) is 4.68 Å². The van der Waals surface area contributed by atoms with Crippen molar-refractivity contribution in [2.45, 2.75) is 51.6 Å². The summed E-state index contributed by atoms with van der Waals surface area (Å²) >= 11 is 0. The molecule has 6 heteroatoms. The molecular weight excluding hydrogens is 268 g/mol. The maximum absolute atomic E-state index is 11.6. The van der Waals surface area contributed by atoms with Crippen LogP contribution in [0.25, 0.3) is 0 Å². The Morgan fingerprint density at radius 3 is 2.62 bits per heavy atom. The van der Waals surface area contributed by atoms with Crippen molar-refractivity contribution in [2.24, 2.45) is 7.05 Å². The van der Waals surface area contributed by atoms with Crippen LogP contribution < -0.4 is 10.6 Å². The molecule has 21 heavy (non-hydrogen) atoms. The van der Waals surface area contributed by atoms with Crippen molar-refractivity contribution in [3.05, 3.63) is 17.0 Å². The van der Waals surface area contributed by atoms with Crippen LogP contribution in [-0.4, -0.2) is 39.6 Å². The van der Waals surface area contributed by atoms with Crippen LogP contribution in [0.1, 0.15) is 42.6 Å². The highest BCUT2D eigenvalue weighted by molar-refractivity contribution is 5.73. The molecule has 0 spiro atoms. The Bertz CT molecular complexity index is 506. The van der Waals surface area contributed by atoms with Gasteiger partial charge in [0.05, 0.1) is 11.3 Å². The van der Waals surface area contributed by atoms with E-state index in [-0.39, 0.29) is 6.03 Å². The molecule has 0 saturated heterocycles. The van der Waals surface area contributed by atoms with Gasteiger partial charge in [0.25, 0.3) is 0 Å². The number of carbonyl (C=O) groups is 1. The molecule has 2 rings (SSSR count). The fraction of sp³-hybridized carbons (Fsp3) is 0.733. The number of nitrogens with one attached hydrogen (secondary N) is 2. The van der Waals surface area contributed by atoms with Gasteiger partial charge in [-0.25, -0.2) is 4.79 Å². The molecule has 3 N–H and O–H groups in total. The van der Waals surface area contributed by atoms with E-state index in [1.807, 2.05) is 18.7 Å². The Kier molecular flexibility index (Phi) is 4.88. The van der Waals surface area contributed by atoms with Crippen molar-refractivity contribution in [1.29, 1.82) is 0 Å². The van der Waals surface area contributed by atoms with E-state index >= 15 is 0 Å². The zero-order valence-electron chi connectivity index (χ0n) is 13.2. The summed E-state index contributed by atoms with van der Waals surface area (Å²) in [6, 6.07) is -0.199. The molecule has 0 atom stereocenters. The monoisotopic (exact) mass is 294 g/mol. The van der Waals surface area contributed by atoms with Gasteiger partial charge >= 0.3 is 6.03 Å². The smallest absolute Gasteiger partial charge is 0.314 e. The number of amides is 2. The molecule has 118 valence electrons. The van der Waals surface area contributed by atoms with Crippen LogP contribution in [0.5, 0.6) is 0 Å². The van der Waals surface area contributed by atoms with Crippen molar-refractivity contribution in [2.75, 3.05) is 13.1 Å². The molecule has 0 unspecified atom stereocenters. The predicted molar refractivity (Wildman–Crippen MR) is 81.2 cm³/mol. The lowest BCUT2D eigenvalue weighted by Gasteiger charge is -2.36. The summed E-state index contributed by atoms with van der Waals surface area (Å²) in [6.07, 6.45) is 4.41. The molecule has 0 aliphatic heterocycles. The van der Waals surface area contributed by atoms with Gasteiger partial charge in [-0.05, 0) is 51.5 Å². The molecule has 0 radical (unpaired) electrons.